The number of hydrogen-bond acceptors (Lipinski definition) is 1. The smallest absolute Gasteiger partial charge is 0.0681 e. The highest BCUT2D eigenvalue weighted by molar-refractivity contribution is 7.79. The van der Waals surface area contributed by atoms with E-state index in [2.05, 4.69) is 97.1 Å². The van der Waals surface area contributed by atoms with Gasteiger partial charge in [-0.2, -0.15) is 0 Å². The van der Waals surface area contributed by atoms with Gasteiger partial charge in [0.15, 0.2) is 0 Å². The molecule has 1 nitrogen and oxygen atoms in total. The molecule has 0 saturated heterocycles. The molecular formula is C26H24ClOP. The minimum Gasteiger partial charge on any atom is -0.392 e. The van der Waals surface area contributed by atoms with Crippen molar-refractivity contribution in [2.24, 2.45) is 0 Å². The highest BCUT2D eigenvalue weighted by Gasteiger charge is 2.15. The third kappa shape index (κ3) is 5.34. The average Bonchev–Trinajstić information content (AvgIpc) is 2.77. The van der Waals surface area contributed by atoms with E-state index in [1.165, 1.54) is 27.0 Å². The first-order chi connectivity index (χ1) is 13.8. The Morgan fingerprint density at radius 2 is 1.03 bits per heavy atom. The van der Waals surface area contributed by atoms with Crippen LogP contribution in [0.15, 0.2) is 109 Å². The summed E-state index contributed by atoms with van der Waals surface area (Å²) in [7, 11) is -0.558. The van der Waals surface area contributed by atoms with Crippen molar-refractivity contribution in [1.29, 1.82) is 0 Å². The van der Waals surface area contributed by atoms with E-state index in [1.807, 2.05) is 12.1 Å². The minimum absolute atomic E-state index is 0. The first-order valence-electron chi connectivity index (χ1n) is 9.51. The molecule has 0 radical (unpaired) electrons. The van der Waals surface area contributed by atoms with Gasteiger partial charge in [-0.1, -0.05) is 109 Å². The highest BCUT2D eigenvalue weighted by atomic mass is 35.5. The summed E-state index contributed by atoms with van der Waals surface area (Å²) < 4.78 is 0. The summed E-state index contributed by atoms with van der Waals surface area (Å²) in [6.07, 6.45) is 0.878. The molecule has 0 fully saturated rings. The fraction of sp³-hybridized carbons (Fsp3) is 0.0769. The van der Waals surface area contributed by atoms with Crippen LogP contribution in [0.25, 0.3) is 0 Å². The van der Waals surface area contributed by atoms with E-state index in [-0.39, 0.29) is 19.0 Å². The maximum absolute atomic E-state index is 9.34. The number of benzene rings is 4. The Hall–Kier alpha value is -2.44. The third-order valence-electron chi connectivity index (χ3n) is 4.81. The third-order valence-corrected chi connectivity index (χ3v) is 7.25. The van der Waals surface area contributed by atoms with Gasteiger partial charge in [0.1, 0.15) is 0 Å². The predicted octanol–water partition coefficient (Wildman–Crippen LogP) is 4.95. The molecule has 0 amide bonds. The molecular weight excluding hydrogens is 395 g/mol. The van der Waals surface area contributed by atoms with Gasteiger partial charge in [-0.3, -0.25) is 0 Å². The highest BCUT2D eigenvalue weighted by Crippen LogP contribution is 2.32. The van der Waals surface area contributed by atoms with Crippen molar-refractivity contribution >= 4 is 36.2 Å². The number of aliphatic hydroxyl groups is 1. The second-order valence-corrected chi connectivity index (χ2v) is 9.05. The maximum Gasteiger partial charge on any atom is 0.0681 e. The predicted molar refractivity (Wildman–Crippen MR) is 128 cm³/mol. The van der Waals surface area contributed by atoms with Gasteiger partial charge in [-0.25, -0.2) is 0 Å². The van der Waals surface area contributed by atoms with Crippen LogP contribution in [0.2, 0.25) is 0 Å². The van der Waals surface area contributed by atoms with Gasteiger partial charge in [-0.15, -0.1) is 12.4 Å². The van der Waals surface area contributed by atoms with E-state index in [0.717, 1.165) is 12.0 Å². The quantitative estimate of drug-likeness (QED) is 0.439. The Bertz CT molecular complexity index is 978. The van der Waals surface area contributed by atoms with Gasteiger partial charge in [0, 0.05) is 0 Å². The monoisotopic (exact) mass is 418 g/mol. The molecule has 0 heterocycles. The first-order valence-corrected chi connectivity index (χ1v) is 10.9. The molecule has 1 N–H and O–H groups in total. The van der Waals surface area contributed by atoms with E-state index >= 15 is 0 Å². The van der Waals surface area contributed by atoms with Crippen molar-refractivity contribution in [3.8, 4) is 0 Å². The van der Waals surface area contributed by atoms with Crippen LogP contribution in [0.1, 0.15) is 16.7 Å². The lowest BCUT2D eigenvalue weighted by atomic mass is 10.0. The number of aliphatic hydroxyl groups excluding tert-OH is 1. The molecule has 0 aliphatic rings. The Balaban J connectivity index is 0.00000240. The van der Waals surface area contributed by atoms with Gasteiger partial charge in [-0.05, 0) is 46.9 Å². The van der Waals surface area contributed by atoms with Crippen molar-refractivity contribution < 1.29 is 5.11 Å². The molecule has 3 heteroatoms. The van der Waals surface area contributed by atoms with Gasteiger partial charge in [0.2, 0.25) is 0 Å². The van der Waals surface area contributed by atoms with Crippen molar-refractivity contribution in [3.05, 3.63) is 126 Å². The second kappa shape index (κ2) is 10.4. The van der Waals surface area contributed by atoms with Crippen LogP contribution in [0, 0.1) is 0 Å². The fourth-order valence-corrected chi connectivity index (χ4v) is 5.72. The van der Waals surface area contributed by atoms with Crippen LogP contribution in [0.5, 0.6) is 0 Å². The normalized spacial score (nSPS) is 10.6. The van der Waals surface area contributed by atoms with Crippen LogP contribution in [-0.4, -0.2) is 5.11 Å². The zero-order valence-corrected chi connectivity index (χ0v) is 17.8. The lowest BCUT2D eigenvalue weighted by Gasteiger charge is -2.19. The SMILES string of the molecule is Cl.OCc1cccc(Cc2ccc(P(c3ccccc3)c3ccccc3)cc2)c1. The summed E-state index contributed by atoms with van der Waals surface area (Å²) in [5.74, 6) is 0. The summed E-state index contributed by atoms with van der Waals surface area (Å²) in [6, 6.07) is 38.7. The van der Waals surface area contributed by atoms with Crippen LogP contribution in [0.3, 0.4) is 0 Å². The van der Waals surface area contributed by atoms with Gasteiger partial charge < -0.3 is 5.11 Å². The lowest BCUT2D eigenvalue weighted by molar-refractivity contribution is 0.281. The second-order valence-electron chi connectivity index (χ2n) is 6.83. The summed E-state index contributed by atoms with van der Waals surface area (Å²) in [5.41, 5.74) is 3.48. The van der Waals surface area contributed by atoms with Gasteiger partial charge in [0.25, 0.3) is 0 Å². The number of halogens is 1. The topological polar surface area (TPSA) is 20.2 Å². The molecule has 0 unspecified atom stereocenters. The Labute approximate surface area is 180 Å². The number of hydrogen-bond donors (Lipinski definition) is 1. The maximum atomic E-state index is 9.34. The molecule has 4 rings (SSSR count). The van der Waals surface area contributed by atoms with Crippen molar-refractivity contribution in [1.82, 2.24) is 0 Å². The average molecular weight is 419 g/mol. The van der Waals surface area contributed by atoms with Crippen LogP contribution >= 0.6 is 20.3 Å². The van der Waals surface area contributed by atoms with E-state index in [9.17, 15) is 5.11 Å². The van der Waals surface area contributed by atoms with Crippen molar-refractivity contribution in [3.63, 3.8) is 0 Å². The molecule has 0 spiro atoms. The first kappa shape index (κ1) is 21.3. The molecule has 4 aromatic rings. The Morgan fingerprint density at radius 3 is 1.59 bits per heavy atom. The fourth-order valence-electron chi connectivity index (χ4n) is 3.44. The van der Waals surface area contributed by atoms with Gasteiger partial charge >= 0.3 is 0 Å². The summed E-state index contributed by atoms with van der Waals surface area (Å²) in [5, 5.41) is 13.4. The molecule has 29 heavy (non-hydrogen) atoms. The van der Waals surface area contributed by atoms with Crippen LogP contribution in [0.4, 0.5) is 0 Å². The summed E-state index contributed by atoms with van der Waals surface area (Å²) in [4.78, 5) is 0. The van der Waals surface area contributed by atoms with Crippen LogP contribution in [-0.2, 0) is 13.0 Å². The largest absolute Gasteiger partial charge is 0.392 e. The Kier molecular flexibility index (Phi) is 7.61. The lowest BCUT2D eigenvalue weighted by Crippen LogP contribution is -2.20. The number of rotatable bonds is 6. The van der Waals surface area contributed by atoms with E-state index in [1.54, 1.807) is 0 Å². The molecule has 0 aromatic heterocycles. The molecule has 146 valence electrons. The van der Waals surface area contributed by atoms with E-state index < -0.39 is 7.92 Å². The minimum atomic E-state index is -0.558. The standard InChI is InChI=1S/C26H23OP.ClH/c27-20-23-9-7-8-22(19-23)18-21-14-16-26(17-15-21)28(24-10-3-1-4-11-24)25-12-5-2-6-13-25;/h1-17,19,27H,18,20H2;1H. The van der Waals surface area contributed by atoms with Gasteiger partial charge in [0.05, 0.1) is 6.61 Å². The molecule has 0 aliphatic heterocycles. The van der Waals surface area contributed by atoms with Crippen LogP contribution < -0.4 is 15.9 Å². The molecule has 0 aliphatic carbocycles. The zero-order valence-electron chi connectivity index (χ0n) is 16.1. The molecule has 4 aromatic carbocycles. The van der Waals surface area contributed by atoms with E-state index in [4.69, 9.17) is 0 Å². The summed E-state index contributed by atoms with van der Waals surface area (Å²) >= 11 is 0. The van der Waals surface area contributed by atoms with E-state index in [0.29, 0.717) is 0 Å². The Morgan fingerprint density at radius 1 is 0.517 bits per heavy atom. The molecule has 0 bridgehead atoms. The zero-order chi connectivity index (χ0) is 19.2. The van der Waals surface area contributed by atoms with Crippen molar-refractivity contribution in [2.45, 2.75) is 13.0 Å². The molecule has 0 atom stereocenters. The molecule has 0 saturated carbocycles. The summed E-state index contributed by atoms with van der Waals surface area (Å²) in [6.45, 7) is 0.0885. The van der Waals surface area contributed by atoms with Crippen molar-refractivity contribution in [2.75, 3.05) is 0 Å².